The Morgan fingerprint density at radius 1 is 1.30 bits per heavy atom. The lowest BCUT2D eigenvalue weighted by Crippen LogP contribution is -2.27. The number of nitrogens with one attached hydrogen (secondary N) is 1. The molecular formula is C16H19NO3. The second-order valence-electron chi connectivity index (χ2n) is 5.89. The number of aromatic carboxylic acids is 1. The molecule has 1 aromatic carbocycles. The zero-order valence-electron chi connectivity index (χ0n) is 11.3. The van der Waals surface area contributed by atoms with E-state index in [0.29, 0.717) is 24.4 Å². The topological polar surface area (TPSA) is 66.4 Å². The summed E-state index contributed by atoms with van der Waals surface area (Å²) in [6, 6.07) is 6.88. The summed E-state index contributed by atoms with van der Waals surface area (Å²) < 4.78 is 0. The van der Waals surface area contributed by atoms with Crippen LogP contribution in [0.25, 0.3) is 0 Å². The molecule has 0 bridgehead atoms. The molecule has 20 heavy (non-hydrogen) atoms. The second kappa shape index (κ2) is 5.27. The Morgan fingerprint density at radius 3 is 2.80 bits per heavy atom. The van der Waals surface area contributed by atoms with Gasteiger partial charge < -0.3 is 10.4 Å². The van der Waals surface area contributed by atoms with Crippen molar-refractivity contribution in [2.45, 2.75) is 25.7 Å². The Balaban J connectivity index is 1.44. The summed E-state index contributed by atoms with van der Waals surface area (Å²) in [5.41, 5.74) is 1.24. The van der Waals surface area contributed by atoms with E-state index >= 15 is 0 Å². The summed E-state index contributed by atoms with van der Waals surface area (Å²) in [7, 11) is 0. The standard InChI is InChI=1S/C16H19NO3/c18-15(14-9-13(14)11-4-5-11)17-7-6-10-2-1-3-12(8-10)16(19)20/h1-3,8,11,13-14H,4-7,9H2,(H,17,18)(H,19,20)/t13-,14+/m0/s1. The number of carboxylic acid groups (broad SMARTS) is 1. The SMILES string of the molecule is O=C(O)c1cccc(CCNC(=O)[C@@H]2C[C@H]2C2CC2)c1. The van der Waals surface area contributed by atoms with E-state index in [4.69, 9.17) is 5.11 Å². The fourth-order valence-electron chi connectivity index (χ4n) is 2.88. The molecule has 106 valence electrons. The van der Waals surface area contributed by atoms with Crippen molar-refractivity contribution >= 4 is 11.9 Å². The number of hydrogen-bond donors (Lipinski definition) is 2. The summed E-state index contributed by atoms with van der Waals surface area (Å²) in [5, 5.41) is 11.9. The van der Waals surface area contributed by atoms with Gasteiger partial charge in [-0.05, 0) is 55.2 Å². The van der Waals surface area contributed by atoms with Gasteiger partial charge in [-0.1, -0.05) is 12.1 Å². The molecule has 2 fully saturated rings. The highest BCUT2D eigenvalue weighted by molar-refractivity contribution is 5.87. The minimum Gasteiger partial charge on any atom is -0.478 e. The van der Waals surface area contributed by atoms with Crippen molar-refractivity contribution in [3.05, 3.63) is 35.4 Å². The molecule has 2 atom stereocenters. The molecule has 0 radical (unpaired) electrons. The number of rotatable bonds is 6. The average Bonchev–Trinajstić information content (AvgIpc) is 3.28. The van der Waals surface area contributed by atoms with E-state index < -0.39 is 5.97 Å². The highest BCUT2D eigenvalue weighted by Crippen LogP contribution is 2.54. The summed E-state index contributed by atoms with van der Waals surface area (Å²) >= 11 is 0. The summed E-state index contributed by atoms with van der Waals surface area (Å²) in [6.07, 6.45) is 4.34. The van der Waals surface area contributed by atoms with Crippen LogP contribution in [0, 0.1) is 17.8 Å². The van der Waals surface area contributed by atoms with Crippen LogP contribution in [-0.2, 0) is 11.2 Å². The van der Waals surface area contributed by atoms with Crippen LogP contribution in [0.5, 0.6) is 0 Å². The molecule has 3 rings (SSSR count). The maximum Gasteiger partial charge on any atom is 0.335 e. The number of benzene rings is 1. The lowest BCUT2D eigenvalue weighted by Gasteiger charge is -2.06. The Morgan fingerprint density at radius 2 is 2.10 bits per heavy atom. The van der Waals surface area contributed by atoms with Gasteiger partial charge in [0.1, 0.15) is 0 Å². The molecule has 2 saturated carbocycles. The zero-order chi connectivity index (χ0) is 14.1. The van der Waals surface area contributed by atoms with Crippen LogP contribution in [0.15, 0.2) is 24.3 Å². The monoisotopic (exact) mass is 273 g/mol. The molecule has 2 aliphatic carbocycles. The lowest BCUT2D eigenvalue weighted by atomic mass is 10.1. The number of amides is 1. The maximum atomic E-state index is 11.9. The molecule has 2 aliphatic rings. The third-order valence-electron chi connectivity index (χ3n) is 4.29. The molecule has 0 aliphatic heterocycles. The molecule has 4 nitrogen and oxygen atoms in total. The molecule has 1 aromatic rings. The van der Waals surface area contributed by atoms with E-state index in [1.807, 2.05) is 6.07 Å². The molecule has 0 unspecified atom stereocenters. The van der Waals surface area contributed by atoms with E-state index in [-0.39, 0.29) is 11.8 Å². The first kappa shape index (κ1) is 13.2. The predicted molar refractivity (Wildman–Crippen MR) is 74.4 cm³/mol. The smallest absolute Gasteiger partial charge is 0.335 e. The van der Waals surface area contributed by atoms with E-state index in [9.17, 15) is 9.59 Å². The number of hydrogen-bond acceptors (Lipinski definition) is 2. The van der Waals surface area contributed by atoms with Crippen molar-refractivity contribution in [2.24, 2.45) is 17.8 Å². The Bertz CT molecular complexity index is 536. The molecule has 0 aromatic heterocycles. The molecule has 0 saturated heterocycles. The number of carboxylic acids is 1. The Hall–Kier alpha value is -1.84. The van der Waals surface area contributed by atoms with Gasteiger partial charge in [-0.15, -0.1) is 0 Å². The summed E-state index contributed by atoms with van der Waals surface area (Å²) in [6.45, 7) is 0.579. The van der Waals surface area contributed by atoms with Crippen LogP contribution in [0.4, 0.5) is 0 Å². The quantitative estimate of drug-likeness (QED) is 0.834. The number of carbonyl (C=O) groups is 2. The van der Waals surface area contributed by atoms with Gasteiger partial charge in [0.05, 0.1) is 5.56 Å². The minimum atomic E-state index is -0.916. The highest BCUT2D eigenvalue weighted by atomic mass is 16.4. The van der Waals surface area contributed by atoms with Crippen LogP contribution in [-0.4, -0.2) is 23.5 Å². The van der Waals surface area contributed by atoms with Crippen molar-refractivity contribution in [3.8, 4) is 0 Å². The largest absolute Gasteiger partial charge is 0.478 e. The lowest BCUT2D eigenvalue weighted by molar-refractivity contribution is -0.122. The molecule has 2 N–H and O–H groups in total. The second-order valence-corrected chi connectivity index (χ2v) is 5.89. The molecule has 1 amide bonds. The molecular weight excluding hydrogens is 254 g/mol. The van der Waals surface area contributed by atoms with E-state index in [1.165, 1.54) is 12.8 Å². The van der Waals surface area contributed by atoms with Crippen LogP contribution < -0.4 is 5.32 Å². The first-order valence-electron chi connectivity index (χ1n) is 7.25. The average molecular weight is 273 g/mol. The van der Waals surface area contributed by atoms with Crippen molar-refractivity contribution in [1.29, 1.82) is 0 Å². The van der Waals surface area contributed by atoms with Gasteiger partial charge in [0.15, 0.2) is 0 Å². The van der Waals surface area contributed by atoms with Gasteiger partial charge in [-0.2, -0.15) is 0 Å². The minimum absolute atomic E-state index is 0.177. The van der Waals surface area contributed by atoms with Gasteiger partial charge in [0, 0.05) is 12.5 Å². The normalized spacial score (nSPS) is 24.2. The third kappa shape index (κ3) is 3.00. The summed E-state index contributed by atoms with van der Waals surface area (Å²) in [4.78, 5) is 22.8. The van der Waals surface area contributed by atoms with Gasteiger partial charge in [0.2, 0.25) is 5.91 Å². The van der Waals surface area contributed by atoms with Gasteiger partial charge in [0.25, 0.3) is 0 Å². The fourth-order valence-corrected chi connectivity index (χ4v) is 2.88. The molecule has 0 heterocycles. The van der Waals surface area contributed by atoms with Crippen LogP contribution in [0.3, 0.4) is 0 Å². The fraction of sp³-hybridized carbons (Fsp3) is 0.500. The first-order chi connectivity index (χ1) is 9.65. The Kier molecular flexibility index (Phi) is 3.47. The first-order valence-corrected chi connectivity index (χ1v) is 7.25. The van der Waals surface area contributed by atoms with Gasteiger partial charge in [-0.25, -0.2) is 4.79 Å². The molecule has 0 spiro atoms. The van der Waals surface area contributed by atoms with Crippen molar-refractivity contribution in [1.82, 2.24) is 5.32 Å². The van der Waals surface area contributed by atoms with E-state index in [1.54, 1.807) is 18.2 Å². The maximum absolute atomic E-state index is 11.9. The van der Waals surface area contributed by atoms with Crippen LogP contribution in [0.1, 0.15) is 35.2 Å². The zero-order valence-corrected chi connectivity index (χ0v) is 11.3. The highest BCUT2D eigenvalue weighted by Gasteiger charge is 2.50. The van der Waals surface area contributed by atoms with Gasteiger partial charge >= 0.3 is 5.97 Å². The third-order valence-corrected chi connectivity index (χ3v) is 4.29. The Labute approximate surface area is 118 Å². The number of carbonyl (C=O) groups excluding carboxylic acids is 1. The predicted octanol–water partition coefficient (Wildman–Crippen LogP) is 2.09. The van der Waals surface area contributed by atoms with Gasteiger partial charge in [-0.3, -0.25) is 4.79 Å². The van der Waals surface area contributed by atoms with E-state index in [2.05, 4.69) is 5.32 Å². The van der Waals surface area contributed by atoms with Crippen molar-refractivity contribution in [3.63, 3.8) is 0 Å². The van der Waals surface area contributed by atoms with Crippen molar-refractivity contribution in [2.75, 3.05) is 6.54 Å². The van der Waals surface area contributed by atoms with Crippen LogP contribution in [0.2, 0.25) is 0 Å². The van der Waals surface area contributed by atoms with E-state index in [0.717, 1.165) is 17.9 Å². The summed E-state index contributed by atoms with van der Waals surface area (Å²) in [5.74, 6) is 0.966. The molecule has 4 heteroatoms. The van der Waals surface area contributed by atoms with Crippen LogP contribution >= 0.6 is 0 Å². The van der Waals surface area contributed by atoms with Crippen molar-refractivity contribution < 1.29 is 14.7 Å².